The molecule has 0 bridgehead atoms. The van der Waals surface area contributed by atoms with Gasteiger partial charge >= 0.3 is 11.9 Å². The average molecular weight is 369 g/mol. The van der Waals surface area contributed by atoms with Crippen LogP contribution in [0.2, 0.25) is 0 Å². The quantitative estimate of drug-likeness (QED) is 0.286. The maximum atomic E-state index is 12.3. The van der Waals surface area contributed by atoms with Crippen molar-refractivity contribution in [1.82, 2.24) is 0 Å². The van der Waals surface area contributed by atoms with Gasteiger partial charge in [0.25, 0.3) is 0 Å². The van der Waals surface area contributed by atoms with Crippen molar-refractivity contribution in [1.29, 1.82) is 0 Å². The zero-order valence-electron chi connectivity index (χ0n) is 17.1. The Balaban J connectivity index is 2.14. The van der Waals surface area contributed by atoms with E-state index in [9.17, 15) is 9.59 Å². The lowest BCUT2D eigenvalue weighted by atomic mass is 9.81. The molecule has 1 rings (SSSR count). The van der Waals surface area contributed by atoms with Gasteiger partial charge < -0.3 is 9.47 Å². The first-order valence-electron chi connectivity index (χ1n) is 11.0. The van der Waals surface area contributed by atoms with Crippen LogP contribution in [0, 0.1) is 11.8 Å². The van der Waals surface area contributed by atoms with Gasteiger partial charge in [0.1, 0.15) is 0 Å². The van der Waals surface area contributed by atoms with E-state index in [1.54, 1.807) is 0 Å². The fourth-order valence-corrected chi connectivity index (χ4v) is 3.61. The van der Waals surface area contributed by atoms with Crippen molar-refractivity contribution < 1.29 is 19.1 Å². The van der Waals surface area contributed by atoms with Crippen molar-refractivity contribution in [2.24, 2.45) is 11.8 Å². The summed E-state index contributed by atoms with van der Waals surface area (Å²) >= 11 is 0. The van der Waals surface area contributed by atoms with Crippen LogP contribution in [0.15, 0.2) is 0 Å². The van der Waals surface area contributed by atoms with E-state index >= 15 is 0 Å². The fraction of sp³-hybridized carbons (Fsp3) is 0.909. The topological polar surface area (TPSA) is 52.6 Å². The van der Waals surface area contributed by atoms with Gasteiger partial charge in [-0.15, -0.1) is 0 Å². The molecule has 1 fully saturated rings. The van der Waals surface area contributed by atoms with Crippen LogP contribution in [-0.2, 0) is 19.1 Å². The number of carbonyl (C=O) groups is 2. The lowest BCUT2D eigenvalue weighted by molar-refractivity contribution is -0.155. The Labute approximate surface area is 160 Å². The second-order valence-electron chi connectivity index (χ2n) is 7.72. The fourth-order valence-electron chi connectivity index (χ4n) is 3.61. The van der Waals surface area contributed by atoms with Gasteiger partial charge in [0.05, 0.1) is 25.0 Å². The van der Waals surface area contributed by atoms with E-state index in [2.05, 4.69) is 13.8 Å². The van der Waals surface area contributed by atoms with Crippen LogP contribution >= 0.6 is 0 Å². The molecule has 0 aromatic carbocycles. The molecule has 0 aromatic heterocycles. The molecule has 0 spiro atoms. The standard InChI is InChI=1S/C22H40O4/c1-3-5-7-8-9-10-12-17-26-22(24)20-15-13-14-19(18-20)21(23)25-16-11-6-4-2/h19-20H,3-18H2,1-2H3. The summed E-state index contributed by atoms with van der Waals surface area (Å²) in [6.45, 7) is 5.39. The first kappa shape index (κ1) is 23.0. The Kier molecular flexibility index (Phi) is 13.3. The van der Waals surface area contributed by atoms with E-state index in [1.165, 1.54) is 32.1 Å². The van der Waals surface area contributed by atoms with E-state index in [0.717, 1.165) is 51.4 Å². The first-order chi connectivity index (χ1) is 12.7. The van der Waals surface area contributed by atoms with Gasteiger partial charge in [0, 0.05) is 0 Å². The van der Waals surface area contributed by atoms with Crippen LogP contribution in [0.5, 0.6) is 0 Å². The van der Waals surface area contributed by atoms with Gasteiger partial charge in [-0.2, -0.15) is 0 Å². The lowest BCUT2D eigenvalue weighted by Crippen LogP contribution is -2.30. The van der Waals surface area contributed by atoms with E-state index in [4.69, 9.17) is 9.47 Å². The summed E-state index contributed by atoms with van der Waals surface area (Å²) in [5.41, 5.74) is 0. The molecule has 1 aliphatic rings. The Hall–Kier alpha value is -1.06. The van der Waals surface area contributed by atoms with Gasteiger partial charge in [-0.3, -0.25) is 9.59 Å². The number of hydrogen-bond acceptors (Lipinski definition) is 4. The predicted molar refractivity (Wildman–Crippen MR) is 105 cm³/mol. The SMILES string of the molecule is CCCCCCCCCOC(=O)C1CCCC(C(=O)OCCCCC)C1. The second kappa shape index (κ2) is 15.0. The third-order valence-electron chi connectivity index (χ3n) is 5.33. The summed E-state index contributed by atoms with van der Waals surface area (Å²) in [6, 6.07) is 0. The molecular weight excluding hydrogens is 328 g/mol. The Morgan fingerprint density at radius 2 is 1.12 bits per heavy atom. The van der Waals surface area contributed by atoms with Crippen molar-refractivity contribution in [2.75, 3.05) is 13.2 Å². The predicted octanol–water partition coefficient (Wildman–Crippen LogP) is 5.82. The van der Waals surface area contributed by atoms with Crippen molar-refractivity contribution in [3.05, 3.63) is 0 Å². The summed E-state index contributed by atoms with van der Waals surface area (Å²) in [5.74, 6) is -0.479. The highest BCUT2D eigenvalue weighted by Gasteiger charge is 2.32. The minimum Gasteiger partial charge on any atom is -0.465 e. The van der Waals surface area contributed by atoms with Gasteiger partial charge in [-0.1, -0.05) is 71.6 Å². The van der Waals surface area contributed by atoms with Crippen molar-refractivity contribution in [2.45, 2.75) is 104 Å². The molecule has 0 N–H and O–H groups in total. The number of ether oxygens (including phenoxy) is 2. The van der Waals surface area contributed by atoms with Crippen molar-refractivity contribution >= 4 is 11.9 Å². The molecule has 0 radical (unpaired) electrons. The van der Waals surface area contributed by atoms with Gasteiger partial charge in [-0.05, 0) is 32.1 Å². The lowest BCUT2D eigenvalue weighted by Gasteiger charge is -2.26. The largest absolute Gasteiger partial charge is 0.465 e. The van der Waals surface area contributed by atoms with Crippen LogP contribution in [0.25, 0.3) is 0 Å². The number of hydrogen-bond donors (Lipinski definition) is 0. The molecule has 0 amide bonds. The highest BCUT2D eigenvalue weighted by Crippen LogP contribution is 2.31. The molecule has 1 aliphatic carbocycles. The van der Waals surface area contributed by atoms with Crippen LogP contribution in [0.3, 0.4) is 0 Å². The van der Waals surface area contributed by atoms with Crippen molar-refractivity contribution in [3.8, 4) is 0 Å². The molecule has 152 valence electrons. The summed E-state index contributed by atoms with van der Waals surface area (Å²) in [4.78, 5) is 24.4. The second-order valence-corrected chi connectivity index (χ2v) is 7.72. The molecule has 0 aromatic rings. The highest BCUT2D eigenvalue weighted by molar-refractivity contribution is 5.76. The number of carbonyl (C=O) groups excluding carboxylic acids is 2. The van der Waals surface area contributed by atoms with Gasteiger partial charge in [0.15, 0.2) is 0 Å². The number of unbranched alkanes of at least 4 members (excludes halogenated alkanes) is 8. The summed E-state index contributed by atoms with van der Waals surface area (Å²) in [5, 5.41) is 0. The maximum Gasteiger partial charge on any atom is 0.308 e. The molecule has 1 saturated carbocycles. The molecule has 2 atom stereocenters. The smallest absolute Gasteiger partial charge is 0.308 e. The normalized spacial score (nSPS) is 19.9. The first-order valence-corrected chi connectivity index (χ1v) is 11.0. The molecule has 0 heterocycles. The molecule has 0 aliphatic heterocycles. The highest BCUT2D eigenvalue weighted by atomic mass is 16.5. The zero-order chi connectivity index (χ0) is 19.0. The Bertz CT molecular complexity index is 380. The monoisotopic (exact) mass is 368 g/mol. The summed E-state index contributed by atoms with van der Waals surface area (Å²) in [6.07, 6.45) is 14.8. The summed E-state index contributed by atoms with van der Waals surface area (Å²) < 4.78 is 10.8. The number of rotatable bonds is 14. The molecular formula is C22H40O4. The van der Waals surface area contributed by atoms with Crippen LogP contribution in [-0.4, -0.2) is 25.2 Å². The minimum absolute atomic E-state index is 0.112. The molecule has 0 saturated heterocycles. The minimum atomic E-state index is -0.124. The van der Waals surface area contributed by atoms with E-state index < -0.39 is 0 Å². The molecule has 2 unspecified atom stereocenters. The number of esters is 2. The Morgan fingerprint density at radius 3 is 1.65 bits per heavy atom. The Morgan fingerprint density at radius 1 is 0.692 bits per heavy atom. The van der Waals surface area contributed by atoms with Crippen LogP contribution < -0.4 is 0 Å². The van der Waals surface area contributed by atoms with E-state index in [1.807, 2.05) is 0 Å². The molecule has 26 heavy (non-hydrogen) atoms. The van der Waals surface area contributed by atoms with Gasteiger partial charge in [0.2, 0.25) is 0 Å². The summed E-state index contributed by atoms with van der Waals surface area (Å²) in [7, 11) is 0. The van der Waals surface area contributed by atoms with E-state index in [0.29, 0.717) is 19.6 Å². The van der Waals surface area contributed by atoms with Crippen LogP contribution in [0.4, 0.5) is 0 Å². The third kappa shape index (κ3) is 10.2. The van der Waals surface area contributed by atoms with Gasteiger partial charge in [-0.25, -0.2) is 0 Å². The average Bonchev–Trinajstić information content (AvgIpc) is 2.67. The molecule has 4 heteroatoms. The zero-order valence-corrected chi connectivity index (χ0v) is 17.1. The van der Waals surface area contributed by atoms with E-state index in [-0.39, 0.29) is 23.8 Å². The molecule has 4 nitrogen and oxygen atoms in total. The van der Waals surface area contributed by atoms with Crippen LogP contribution in [0.1, 0.15) is 104 Å². The van der Waals surface area contributed by atoms with Crippen molar-refractivity contribution in [3.63, 3.8) is 0 Å². The maximum absolute atomic E-state index is 12.3. The third-order valence-corrected chi connectivity index (χ3v) is 5.33.